The molecule has 2 N–H and O–H groups in total. The van der Waals surface area contributed by atoms with Crippen molar-refractivity contribution in [1.29, 1.82) is 0 Å². The number of fused-ring (bicyclic) bond motifs is 1. The summed E-state index contributed by atoms with van der Waals surface area (Å²) in [4.78, 5) is 31.5. The lowest BCUT2D eigenvalue weighted by molar-refractivity contribution is 0.102. The molecule has 0 bridgehead atoms. The fraction of sp³-hybridized carbons (Fsp3) is 0. The Bertz CT molecular complexity index is 893. The molecule has 3 rings (SSSR count). The Balaban J connectivity index is 2.03. The largest absolute Gasteiger partial charge is 0.305 e. The molecule has 7 nitrogen and oxygen atoms in total. The van der Waals surface area contributed by atoms with Crippen molar-refractivity contribution in [1.82, 2.24) is 20.2 Å². The molecule has 3 aromatic rings. The molecule has 0 unspecified atom stereocenters. The van der Waals surface area contributed by atoms with Gasteiger partial charge in [0, 0.05) is 11.5 Å². The van der Waals surface area contributed by atoms with Gasteiger partial charge < -0.3 is 5.32 Å². The highest BCUT2D eigenvalue weighted by Crippen LogP contribution is 2.14. The van der Waals surface area contributed by atoms with E-state index in [-0.39, 0.29) is 22.2 Å². The topological polar surface area (TPSA) is 101 Å². The van der Waals surface area contributed by atoms with Crippen LogP contribution in [0, 0.1) is 0 Å². The number of nitrogens with zero attached hydrogens (tertiary/aromatic N) is 3. The molecule has 2 heterocycles. The minimum absolute atomic E-state index is 0.0972. The van der Waals surface area contributed by atoms with Crippen molar-refractivity contribution in [2.45, 2.75) is 0 Å². The number of amides is 1. The molecule has 1 amide bonds. The Morgan fingerprint density at radius 1 is 1.19 bits per heavy atom. The van der Waals surface area contributed by atoms with Gasteiger partial charge in [-0.05, 0) is 6.07 Å². The first-order valence-electron chi connectivity index (χ1n) is 5.91. The molecule has 21 heavy (non-hydrogen) atoms. The normalized spacial score (nSPS) is 10.5. The second-order valence-corrected chi connectivity index (χ2v) is 4.51. The van der Waals surface area contributed by atoms with E-state index in [4.69, 9.17) is 11.6 Å². The zero-order chi connectivity index (χ0) is 14.8. The zero-order valence-corrected chi connectivity index (χ0v) is 11.3. The lowest BCUT2D eigenvalue weighted by Crippen LogP contribution is -2.19. The summed E-state index contributed by atoms with van der Waals surface area (Å²) in [7, 11) is 0. The Morgan fingerprint density at radius 3 is 2.71 bits per heavy atom. The predicted octanol–water partition coefficient (Wildman–Crippen LogP) is 1.62. The van der Waals surface area contributed by atoms with Crippen LogP contribution in [0.15, 0.2) is 41.5 Å². The van der Waals surface area contributed by atoms with E-state index in [1.165, 1.54) is 12.4 Å². The van der Waals surface area contributed by atoms with Crippen LogP contribution >= 0.6 is 11.6 Å². The highest BCUT2D eigenvalue weighted by Gasteiger charge is 2.14. The fourth-order valence-corrected chi connectivity index (χ4v) is 2.01. The van der Waals surface area contributed by atoms with Gasteiger partial charge >= 0.3 is 0 Å². The third-order valence-electron chi connectivity index (χ3n) is 2.79. The molecule has 0 fully saturated rings. The summed E-state index contributed by atoms with van der Waals surface area (Å²) >= 11 is 5.72. The molecule has 0 radical (unpaired) electrons. The van der Waals surface area contributed by atoms with Crippen LogP contribution < -0.4 is 10.9 Å². The molecule has 0 spiro atoms. The third-order valence-corrected chi connectivity index (χ3v) is 2.99. The number of hydrogen-bond donors (Lipinski definition) is 2. The summed E-state index contributed by atoms with van der Waals surface area (Å²) in [6.45, 7) is 0. The fourth-order valence-electron chi connectivity index (χ4n) is 1.87. The average Bonchev–Trinajstić information content (AvgIpc) is 2.48. The summed E-state index contributed by atoms with van der Waals surface area (Å²) in [5, 5.41) is 9.70. The molecular weight excluding hydrogens is 294 g/mol. The number of rotatable bonds is 2. The Kier molecular flexibility index (Phi) is 3.33. The molecule has 0 saturated heterocycles. The minimum atomic E-state index is -0.503. The molecule has 0 saturated carbocycles. The maximum absolute atomic E-state index is 12.3. The van der Waals surface area contributed by atoms with Gasteiger partial charge in [0.1, 0.15) is 17.3 Å². The van der Waals surface area contributed by atoms with Crippen molar-refractivity contribution in [2.24, 2.45) is 0 Å². The molecule has 8 heteroatoms. The number of nitrogens with one attached hydrogen (secondary N) is 2. The third kappa shape index (κ3) is 2.59. The number of carbonyl (C=O) groups is 1. The van der Waals surface area contributed by atoms with Crippen LogP contribution in [0.3, 0.4) is 0 Å². The Labute approximate surface area is 123 Å². The standard InChI is InChI=1S/C13H8ClN5O2/c14-9-5-10(16-6-15-9)17-13(21)11-7-3-1-2-4-8(7)12(20)19-18-11/h1-6H,(H,19,20)(H,15,16,17,21). The second-order valence-electron chi connectivity index (χ2n) is 4.13. The van der Waals surface area contributed by atoms with E-state index in [1.807, 2.05) is 0 Å². The van der Waals surface area contributed by atoms with E-state index in [2.05, 4.69) is 25.5 Å². The molecule has 104 valence electrons. The van der Waals surface area contributed by atoms with Gasteiger partial charge in [0.2, 0.25) is 0 Å². The van der Waals surface area contributed by atoms with E-state index in [0.29, 0.717) is 10.8 Å². The number of benzene rings is 1. The zero-order valence-electron chi connectivity index (χ0n) is 10.5. The number of aromatic amines is 1. The number of hydrogen-bond acceptors (Lipinski definition) is 5. The van der Waals surface area contributed by atoms with Crippen molar-refractivity contribution < 1.29 is 4.79 Å². The van der Waals surface area contributed by atoms with Crippen LogP contribution in [0.25, 0.3) is 10.8 Å². The van der Waals surface area contributed by atoms with Gasteiger partial charge in [0.25, 0.3) is 11.5 Å². The van der Waals surface area contributed by atoms with E-state index in [1.54, 1.807) is 24.3 Å². The summed E-state index contributed by atoms with van der Waals surface area (Å²) in [6, 6.07) is 8.12. The van der Waals surface area contributed by atoms with Crippen molar-refractivity contribution in [3.63, 3.8) is 0 Å². The quantitative estimate of drug-likeness (QED) is 0.700. The molecule has 0 atom stereocenters. The number of aromatic nitrogens is 4. The SMILES string of the molecule is O=C(Nc1cc(Cl)ncn1)c1n[nH]c(=O)c2ccccc12. The first kappa shape index (κ1) is 13.2. The summed E-state index contributed by atoms with van der Waals surface area (Å²) in [6.07, 6.45) is 1.23. The van der Waals surface area contributed by atoms with Gasteiger partial charge in [-0.2, -0.15) is 5.10 Å². The molecule has 2 aromatic heterocycles. The van der Waals surface area contributed by atoms with Crippen LogP contribution in [0.4, 0.5) is 5.82 Å². The van der Waals surface area contributed by atoms with Gasteiger partial charge in [0.05, 0.1) is 5.39 Å². The highest BCUT2D eigenvalue weighted by molar-refractivity contribution is 6.29. The number of H-pyrrole nitrogens is 1. The maximum atomic E-state index is 12.3. The molecule has 1 aromatic carbocycles. The maximum Gasteiger partial charge on any atom is 0.277 e. The van der Waals surface area contributed by atoms with Gasteiger partial charge in [-0.15, -0.1) is 0 Å². The molecular formula is C13H8ClN5O2. The highest BCUT2D eigenvalue weighted by atomic mass is 35.5. The number of carbonyl (C=O) groups excluding carboxylic acids is 1. The van der Waals surface area contributed by atoms with Crippen LogP contribution in [0.1, 0.15) is 10.5 Å². The van der Waals surface area contributed by atoms with Gasteiger partial charge in [-0.3, -0.25) is 9.59 Å². The van der Waals surface area contributed by atoms with Crippen LogP contribution in [-0.4, -0.2) is 26.1 Å². The lowest BCUT2D eigenvalue weighted by atomic mass is 10.1. The van der Waals surface area contributed by atoms with Gasteiger partial charge in [-0.25, -0.2) is 15.1 Å². The Hall–Kier alpha value is -2.80. The van der Waals surface area contributed by atoms with Crippen molar-refractivity contribution in [3.8, 4) is 0 Å². The van der Waals surface area contributed by atoms with Gasteiger partial charge in [0.15, 0.2) is 5.69 Å². The van der Waals surface area contributed by atoms with E-state index in [9.17, 15) is 9.59 Å². The number of anilines is 1. The monoisotopic (exact) mass is 301 g/mol. The van der Waals surface area contributed by atoms with Crippen LogP contribution in [0.2, 0.25) is 5.15 Å². The summed E-state index contributed by atoms with van der Waals surface area (Å²) < 4.78 is 0. The van der Waals surface area contributed by atoms with Crippen molar-refractivity contribution >= 4 is 34.1 Å². The first-order chi connectivity index (χ1) is 10.1. The molecule has 0 aliphatic carbocycles. The summed E-state index contributed by atoms with van der Waals surface area (Å²) in [5.41, 5.74) is -0.257. The van der Waals surface area contributed by atoms with Crippen LogP contribution in [-0.2, 0) is 0 Å². The van der Waals surface area contributed by atoms with Crippen LogP contribution in [0.5, 0.6) is 0 Å². The van der Waals surface area contributed by atoms with E-state index < -0.39 is 5.91 Å². The predicted molar refractivity (Wildman–Crippen MR) is 77.4 cm³/mol. The molecule has 0 aliphatic heterocycles. The first-order valence-corrected chi connectivity index (χ1v) is 6.29. The second kappa shape index (κ2) is 5.29. The molecule has 0 aliphatic rings. The minimum Gasteiger partial charge on any atom is -0.305 e. The number of halogens is 1. The van der Waals surface area contributed by atoms with Crippen molar-refractivity contribution in [3.05, 3.63) is 57.9 Å². The Morgan fingerprint density at radius 2 is 1.95 bits per heavy atom. The van der Waals surface area contributed by atoms with E-state index in [0.717, 1.165) is 0 Å². The summed E-state index contributed by atoms with van der Waals surface area (Å²) in [5.74, 6) is -0.255. The average molecular weight is 302 g/mol. The van der Waals surface area contributed by atoms with Gasteiger partial charge in [-0.1, -0.05) is 29.8 Å². The van der Waals surface area contributed by atoms with Crippen molar-refractivity contribution in [2.75, 3.05) is 5.32 Å². The lowest BCUT2D eigenvalue weighted by Gasteiger charge is -2.05. The van der Waals surface area contributed by atoms with E-state index >= 15 is 0 Å². The smallest absolute Gasteiger partial charge is 0.277 e.